The van der Waals surface area contributed by atoms with E-state index in [-0.39, 0.29) is 24.1 Å². The Labute approximate surface area is 143 Å². The smallest absolute Gasteiger partial charge is 0.411 e. The lowest BCUT2D eigenvalue weighted by molar-refractivity contribution is 0.0759. The quantitative estimate of drug-likeness (QED) is 0.863. The van der Waals surface area contributed by atoms with Gasteiger partial charge in [0.2, 0.25) is 10.0 Å². The van der Waals surface area contributed by atoms with Gasteiger partial charge in [-0.15, -0.1) is 0 Å². The molecule has 128 valence electrons. The molecule has 0 spiro atoms. The minimum atomic E-state index is -3.57. The molecule has 0 aliphatic carbocycles. The topological polar surface area (TPSA) is 97.8 Å². The van der Waals surface area contributed by atoms with Crippen LogP contribution in [0.2, 0.25) is 0 Å². The molecule has 1 aromatic carbocycles. The molecule has 0 bridgehead atoms. The van der Waals surface area contributed by atoms with Gasteiger partial charge in [0.05, 0.1) is 25.1 Å². The summed E-state index contributed by atoms with van der Waals surface area (Å²) >= 11 is 1.37. The van der Waals surface area contributed by atoms with Crippen LogP contribution in [0.25, 0.3) is 0 Å². The van der Waals surface area contributed by atoms with Gasteiger partial charge in [0.15, 0.2) is 0 Å². The zero-order chi connectivity index (χ0) is 17.2. The minimum absolute atomic E-state index is 0.158. The van der Waals surface area contributed by atoms with E-state index in [2.05, 4.69) is 15.0 Å². The first kappa shape index (κ1) is 16.7. The van der Waals surface area contributed by atoms with E-state index < -0.39 is 16.1 Å². The van der Waals surface area contributed by atoms with Crippen LogP contribution >= 0.6 is 11.3 Å². The summed E-state index contributed by atoms with van der Waals surface area (Å²) in [4.78, 5) is 15.3. The van der Waals surface area contributed by atoms with Crippen molar-refractivity contribution in [2.75, 3.05) is 25.5 Å². The van der Waals surface area contributed by atoms with Crippen molar-refractivity contribution in [1.82, 2.24) is 9.29 Å². The molecule has 2 heterocycles. The van der Waals surface area contributed by atoms with Crippen molar-refractivity contribution in [3.63, 3.8) is 0 Å². The second-order valence-corrected chi connectivity index (χ2v) is 7.80. The van der Waals surface area contributed by atoms with Gasteiger partial charge in [-0.2, -0.15) is 4.31 Å². The van der Waals surface area contributed by atoms with Gasteiger partial charge in [-0.25, -0.2) is 18.2 Å². The van der Waals surface area contributed by atoms with Gasteiger partial charge in [-0.05, 0) is 24.3 Å². The Morgan fingerprint density at radius 3 is 2.62 bits per heavy atom. The van der Waals surface area contributed by atoms with Crippen molar-refractivity contribution in [3.8, 4) is 5.19 Å². The van der Waals surface area contributed by atoms with E-state index >= 15 is 0 Å². The van der Waals surface area contributed by atoms with Crippen molar-refractivity contribution >= 4 is 33.1 Å². The molecule has 8 nitrogen and oxygen atoms in total. The monoisotopic (exact) mass is 369 g/mol. The highest BCUT2D eigenvalue weighted by atomic mass is 32.2. The van der Waals surface area contributed by atoms with Gasteiger partial charge in [0.1, 0.15) is 6.10 Å². The third kappa shape index (κ3) is 3.50. The molecular formula is C14H15N3O5S2. The van der Waals surface area contributed by atoms with Crippen LogP contribution < -0.4 is 10.1 Å². The molecule has 0 atom stereocenters. The molecule has 1 N–H and O–H groups in total. The number of thiazole rings is 1. The number of nitrogens with one attached hydrogen (secondary N) is 1. The lowest BCUT2D eigenvalue weighted by Gasteiger charge is -2.37. The van der Waals surface area contributed by atoms with Crippen molar-refractivity contribution < 1.29 is 22.7 Å². The van der Waals surface area contributed by atoms with Crippen molar-refractivity contribution in [3.05, 3.63) is 35.8 Å². The van der Waals surface area contributed by atoms with Crippen LogP contribution in [0.4, 0.5) is 10.5 Å². The number of anilines is 1. The molecule has 1 amide bonds. The summed E-state index contributed by atoms with van der Waals surface area (Å²) in [5.41, 5.74) is 0.453. The summed E-state index contributed by atoms with van der Waals surface area (Å²) in [7, 11) is -2.32. The number of benzene rings is 1. The normalized spacial score (nSPS) is 15.5. The fraction of sp³-hybridized carbons (Fsp3) is 0.286. The molecule has 0 radical (unpaired) electrons. The van der Waals surface area contributed by atoms with Gasteiger partial charge < -0.3 is 9.47 Å². The second-order valence-electron chi connectivity index (χ2n) is 5.00. The average Bonchev–Trinajstić information content (AvgIpc) is 3.03. The molecule has 1 aliphatic heterocycles. The molecule has 0 unspecified atom stereocenters. The average molecular weight is 369 g/mol. The molecule has 1 aromatic heterocycles. The zero-order valence-corrected chi connectivity index (χ0v) is 14.3. The van der Waals surface area contributed by atoms with Crippen LogP contribution in [0, 0.1) is 0 Å². The summed E-state index contributed by atoms with van der Waals surface area (Å²) in [5, 5.41) is 4.80. The van der Waals surface area contributed by atoms with Crippen LogP contribution in [-0.4, -0.2) is 50.1 Å². The van der Waals surface area contributed by atoms with Crippen molar-refractivity contribution in [2.45, 2.75) is 11.0 Å². The maximum atomic E-state index is 12.5. The third-order valence-electron chi connectivity index (χ3n) is 3.42. The Kier molecular flexibility index (Phi) is 4.69. The number of hydrogen-bond donors (Lipinski definition) is 1. The fourth-order valence-corrected chi connectivity index (χ4v) is 4.17. The summed E-state index contributed by atoms with van der Waals surface area (Å²) in [5.74, 6) is 0. The van der Waals surface area contributed by atoms with E-state index in [1.165, 1.54) is 47.0 Å². The number of nitrogens with zero attached hydrogens (tertiary/aromatic N) is 2. The first-order chi connectivity index (χ1) is 11.5. The van der Waals surface area contributed by atoms with Crippen LogP contribution in [0.1, 0.15) is 0 Å². The molecule has 1 aliphatic rings. The Morgan fingerprint density at radius 2 is 2.04 bits per heavy atom. The lowest BCUT2D eigenvalue weighted by Crippen LogP contribution is -2.55. The van der Waals surface area contributed by atoms with Crippen LogP contribution in [0.15, 0.2) is 40.7 Å². The lowest BCUT2D eigenvalue weighted by atomic mass is 10.2. The Balaban J connectivity index is 1.61. The Hall–Kier alpha value is -2.17. The van der Waals surface area contributed by atoms with Crippen LogP contribution in [0.5, 0.6) is 5.19 Å². The van der Waals surface area contributed by atoms with Gasteiger partial charge in [0.25, 0.3) is 5.19 Å². The number of amides is 1. The largest absolute Gasteiger partial charge is 0.464 e. The molecule has 2 aromatic rings. The number of sulfonamides is 1. The first-order valence-corrected chi connectivity index (χ1v) is 9.32. The van der Waals surface area contributed by atoms with Gasteiger partial charge in [0, 0.05) is 17.3 Å². The van der Waals surface area contributed by atoms with E-state index in [0.29, 0.717) is 10.9 Å². The Bertz CT molecular complexity index is 799. The van der Waals surface area contributed by atoms with Gasteiger partial charge in [-0.1, -0.05) is 11.3 Å². The third-order valence-corrected chi connectivity index (χ3v) is 5.92. The SMILES string of the molecule is COC(=O)Nc1ccc(S(=O)(=O)N2CC(Oc3nccs3)C2)cc1. The molecule has 24 heavy (non-hydrogen) atoms. The van der Waals surface area contributed by atoms with E-state index in [0.717, 1.165) is 0 Å². The van der Waals surface area contributed by atoms with E-state index in [9.17, 15) is 13.2 Å². The summed E-state index contributed by atoms with van der Waals surface area (Å²) < 4.78 is 36.4. The van der Waals surface area contributed by atoms with Crippen molar-refractivity contribution in [1.29, 1.82) is 0 Å². The number of ether oxygens (including phenoxy) is 2. The fourth-order valence-electron chi connectivity index (χ4n) is 2.11. The zero-order valence-electron chi connectivity index (χ0n) is 12.7. The standard InChI is InChI=1S/C14H15N3O5S2/c1-21-13(18)16-10-2-4-12(5-3-10)24(19,20)17-8-11(9-17)22-14-15-6-7-23-14/h2-7,11H,8-9H2,1H3,(H,16,18). The predicted molar refractivity (Wildman–Crippen MR) is 87.8 cm³/mol. The molecule has 1 saturated heterocycles. The second kappa shape index (κ2) is 6.75. The Morgan fingerprint density at radius 1 is 1.33 bits per heavy atom. The maximum Gasteiger partial charge on any atom is 0.411 e. The number of rotatable bonds is 5. The first-order valence-electron chi connectivity index (χ1n) is 7.00. The highest BCUT2D eigenvalue weighted by Gasteiger charge is 2.38. The summed E-state index contributed by atoms with van der Waals surface area (Å²) in [6, 6.07) is 5.89. The molecule has 0 saturated carbocycles. The van der Waals surface area contributed by atoms with Gasteiger partial charge >= 0.3 is 6.09 Å². The number of carbonyl (C=O) groups is 1. The van der Waals surface area contributed by atoms with E-state index in [1.807, 2.05) is 0 Å². The number of aromatic nitrogens is 1. The number of hydrogen-bond acceptors (Lipinski definition) is 7. The summed E-state index contributed by atoms with van der Waals surface area (Å²) in [6.45, 7) is 0.564. The maximum absolute atomic E-state index is 12.5. The number of carbonyl (C=O) groups excluding carboxylic acids is 1. The van der Waals surface area contributed by atoms with Gasteiger partial charge in [-0.3, -0.25) is 5.32 Å². The molecule has 10 heteroatoms. The highest BCUT2D eigenvalue weighted by Crippen LogP contribution is 2.26. The highest BCUT2D eigenvalue weighted by molar-refractivity contribution is 7.89. The summed E-state index contributed by atoms with van der Waals surface area (Å²) in [6.07, 6.45) is 0.832. The van der Waals surface area contributed by atoms with E-state index in [4.69, 9.17) is 4.74 Å². The molecule has 3 rings (SSSR count). The van der Waals surface area contributed by atoms with Crippen LogP contribution in [0.3, 0.4) is 0 Å². The number of methoxy groups -OCH3 is 1. The molecule has 1 fully saturated rings. The molecular weight excluding hydrogens is 354 g/mol. The predicted octanol–water partition coefficient (Wildman–Crippen LogP) is 1.77. The van der Waals surface area contributed by atoms with Crippen LogP contribution in [-0.2, 0) is 14.8 Å². The van der Waals surface area contributed by atoms with E-state index in [1.54, 1.807) is 11.6 Å². The van der Waals surface area contributed by atoms with Crippen molar-refractivity contribution in [2.24, 2.45) is 0 Å². The minimum Gasteiger partial charge on any atom is -0.464 e.